The highest BCUT2D eigenvalue weighted by atomic mass is 16.1. The maximum atomic E-state index is 12.6. The number of carbonyl (C=O) groups excluding carboxylic acids is 1. The second-order valence-corrected chi connectivity index (χ2v) is 7.56. The minimum absolute atomic E-state index is 0.0599. The Labute approximate surface area is 157 Å². The summed E-state index contributed by atoms with van der Waals surface area (Å²) in [5.74, 6) is 0.548. The number of imidazole rings is 1. The van der Waals surface area contributed by atoms with Gasteiger partial charge in [0, 0.05) is 23.3 Å². The molecule has 3 heterocycles. The summed E-state index contributed by atoms with van der Waals surface area (Å²) in [7, 11) is 0. The Morgan fingerprint density at radius 2 is 2.00 bits per heavy atom. The van der Waals surface area contributed by atoms with Crippen LogP contribution in [0, 0.1) is 0 Å². The van der Waals surface area contributed by atoms with E-state index in [1.54, 1.807) is 23.3 Å². The largest absolute Gasteiger partial charge is 0.351 e. The van der Waals surface area contributed by atoms with E-state index >= 15 is 0 Å². The van der Waals surface area contributed by atoms with Crippen LogP contribution in [0.15, 0.2) is 61.3 Å². The molecule has 27 heavy (non-hydrogen) atoms. The Balaban J connectivity index is 1.54. The lowest BCUT2D eigenvalue weighted by atomic mass is 9.87. The normalized spacial score (nSPS) is 11.7. The molecule has 4 rings (SSSR count). The van der Waals surface area contributed by atoms with Gasteiger partial charge in [-0.05, 0) is 35.2 Å². The molecule has 0 aliphatic heterocycles. The van der Waals surface area contributed by atoms with Crippen LogP contribution in [0.5, 0.6) is 0 Å². The number of H-pyrrole nitrogens is 1. The summed E-state index contributed by atoms with van der Waals surface area (Å²) >= 11 is 0. The van der Waals surface area contributed by atoms with Crippen LogP contribution in [-0.2, 0) is 5.41 Å². The number of rotatable bonds is 3. The summed E-state index contributed by atoms with van der Waals surface area (Å²) in [6.07, 6.45) is 6.82. The standard InChI is InChI=1S/C21H21N5O/c1-21(2,3)15-5-4-14-10-18(25-17(14)11-15)20(27)24-16-6-7-19(23-12-16)26-9-8-22-13-26/h4-13,25H,1-3H3,(H,24,27). The van der Waals surface area contributed by atoms with Crippen molar-refractivity contribution in [2.24, 2.45) is 0 Å². The summed E-state index contributed by atoms with van der Waals surface area (Å²) in [5.41, 5.74) is 3.40. The Kier molecular flexibility index (Phi) is 4.03. The van der Waals surface area contributed by atoms with E-state index in [2.05, 4.69) is 53.2 Å². The molecule has 0 atom stereocenters. The van der Waals surface area contributed by atoms with Crippen LogP contribution in [-0.4, -0.2) is 25.4 Å². The number of benzene rings is 1. The minimum Gasteiger partial charge on any atom is -0.351 e. The van der Waals surface area contributed by atoms with E-state index < -0.39 is 0 Å². The molecular formula is C21H21N5O. The van der Waals surface area contributed by atoms with E-state index in [0.717, 1.165) is 16.7 Å². The molecule has 0 spiro atoms. The van der Waals surface area contributed by atoms with Crippen LogP contribution in [0.25, 0.3) is 16.7 Å². The first-order valence-electron chi connectivity index (χ1n) is 8.79. The van der Waals surface area contributed by atoms with Gasteiger partial charge in [-0.1, -0.05) is 32.9 Å². The van der Waals surface area contributed by atoms with E-state index in [0.29, 0.717) is 11.4 Å². The molecule has 6 nitrogen and oxygen atoms in total. The molecule has 1 amide bonds. The molecule has 4 aromatic rings. The van der Waals surface area contributed by atoms with E-state index in [1.165, 1.54) is 5.56 Å². The van der Waals surface area contributed by atoms with Crippen LogP contribution < -0.4 is 5.32 Å². The SMILES string of the molecule is CC(C)(C)c1ccc2cc(C(=O)Nc3ccc(-n4ccnc4)nc3)[nH]c2c1. The van der Waals surface area contributed by atoms with Crippen LogP contribution in [0.1, 0.15) is 36.8 Å². The van der Waals surface area contributed by atoms with Gasteiger partial charge >= 0.3 is 0 Å². The van der Waals surface area contributed by atoms with E-state index in [1.807, 2.05) is 30.5 Å². The number of carbonyl (C=O) groups is 1. The zero-order valence-electron chi connectivity index (χ0n) is 15.5. The van der Waals surface area contributed by atoms with Crippen molar-refractivity contribution in [3.05, 3.63) is 72.6 Å². The molecular weight excluding hydrogens is 338 g/mol. The lowest BCUT2D eigenvalue weighted by Gasteiger charge is -2.18. The van der Waals surface area contributed by atoms with Crippen molar-refractivity contribution in [1.82, 2.24) is 19.5 Å². The first kappa shape index (κ1) is 17.0. The van der Waals surface area contributed by atoms with Gasteiger partial charge in [0.25, 0.3) is 5.91 Å². The Morgan fingerprint density at radius 1 is 1.15 bits per heavy atom. The van der Waals surface area contributed by atoms with E-state index in [4.69, 9.17) is 0 Å². The molecule has 2 N–H and O–H groups in total. The number of amides is 1. The first-order chi connectivity index (χ1) is 12.9. The number of anilines is 1. The summed E-state index contributed by atoms with van der Waals surface area (Å²) < 4.78 is 1.80. The number of aromatic amines is 1. The molecule has 0 saturated heterocycles. The van der Waals surface area contributed by atoms with Crippen molar-refractivity contribution in [3.8, 4) is 5.82 Å². The molecule has 136 valence electrons. The monoisotopic (exact) mass is 359 g/mol. The lowest BCUT2D eigenvalue weighted by Crippen LogP contribution is -2.12. The summed E-state index contributed by atoms with van der Waals surface area (Å²) in [6, 6.07) is 11.8. The van der Waals surface area contributed by atoms with Crippen LogP contribution in [0.4, 0.5) is 5.69 Å². The first-order valence-corrected chi connectivity index (χ1v) is 8.79. The van der Waals surface area contributed by atoms with Gasteiger partial charge < -0.3 is 10.3 Å². The summed E-state index contributed by atoms with van der Waals surface area (Å²) in [4.78, 5) is 24.2. The number of nitrogens with one attached hydrogen (secondary N) is 2. The topological polar surface area (TPSA) is 75.6 Å². The van der Waals surface area contributed by atoms with Gasteiger partial charge in [-0.3, -0.25) is 9.36 Å². The van der Waals surface area contributed by atoms with Crippen LogP contribution in [0.2, 0.25) is 0 Å². The van der Waals surface area contributed by atoms with Gasteiger partial charge in [0.05, 0.1) is 11.9 Å². The van der Waals surface area contributed by atoms with Crippen molar-refractivity contribution in [3.63, 3.8) is 0 Å². The molecule has 0 saturated carbocycles. The third-order valence-corrected chi connectivity index (χ3v) is 4.51. The lowest BCUT2D eigenvalue weighted by molar-refractivity contribution is 0.102. The molecule has 3 aromatic heterocycles. The number of aromatic nitrogens is 4. The average molecular weight is 359 g/mol. The minimum atomic E-state index is -0.194. The second-order valence-electron chi connectivity index (χ2n) is 7.56. The number of fused-ring (bicyclic) bond motifs is 1. The predicted octanol–water partition coefficient (Wildman–Crippen LogP) is 4.30. The third kappa shape index (κ3) is 3.46. The highest BCUT2D eigenvalue weighted by molar-refractivity contribution is 6.05. The number of hydrogen-bond acceptors (Lipinski definition) is 3. The highest BCUT2D eigenvalue weighted by Crippen LogP contribution is 2.26. The van der Waals surface area contributed by atoms with Gasteiger partial charge in [0.2, 0.25) is 0 Å². The highest BCUT2D eigenvalue weighted by Gasteiger charge is 2.16. The van der Waals surface area contributed by atoms with Gasteiger partial charge in [0.1, 0.15) is 17.8 Å². The second kappa shape index (κ2) is 6.39. The molecule has 0 radical (unpaired) electrons. The van der Waals surface area contributed by atoms with Crippen molar-refractivity contribution in [1.29, 1.82) is 0 Å². The molecule has 6 heteroatoms. The molecule has 1 aromatic carbocycles. The molecule has 0 bridgehead atoms. The Bertz CT molecular complexity index is 1090. The smallest absolute Gasteiger partial charge is 0.272 e. The fraction of sp³-hybridized carbons (Fsp3) is 0.190. The predicted molar refractivity (Wildman–Crippen MR) is 106 cm³/mol. The van der Waals surface area contributed by atoms with Crippen molar-refractivity contribution in [2.45, 2.75) is 26.2 Å². The molecule has 0 fully saturated rings. The number of hydrogen-bond donors (Lipinski definition) is 2. The quantitative estimate of drug-likeness (QED) is 0.573. The zero-order chi connectivity index (χ0) is 19.0. The van der Waals surface area contributed by atoms with Crippen LogP contribution in [0.3, 0.4) is 0 Å². The third-order valence-electron chi connectivity index (χ3n) is 4.51. The Hall–Kier alpha value is -3.41. The fourth-order valence-electron chi connectivity index (χ4n) is 2.92. The van der Waals surface area contributed by atoms with E-state index in [-0.39, 0.29) is 11.3 Å². The fourth-order valence-corrected chi connectivity index (χ4v) is 2.92. The van der Waals surface area contributed by atoms with Gasteiger partial charge in [-0.15, -0.1) is 0 Å². The van der Waals surface area contributed by atoms with Crippen molar-refractivity contribution < 1.29 is 4.79 Å². The van der Waals surface area contributed by atoms with Crippen LogP contribution >= 0.6 is 0 Å². The maximum absolute atomic E-state index is 12.6. The van der Waals surface area contributed by atoms with Crippen molar-refractivity contribution >= 4 is 22.5 Å². The molecule has 0 aliphatic carbocycles. The molecule has 0 aliphatic rings. The molecule has 0 unspecified atom stereocenters. The maximum Gasteiger partial charge on any atom is 0.272 e. The summed E-state index contributed by atoms with van der Waals surface area (Å²) in [6.45, 7) is 6.52. The zero-order valence-corrected chi connectivity index (χ0v) is 15.5. The van der Waals surface area contributed by atoms with Gasteiger partial charge in [-0.2, -0.15) is 0 Å². The van der Waals surface area contributed by atoms with Gasteiger partial charge in [0.15, 0.2) is 0 Å². The average Bonchev–Trinajstić information content (AvgIpc) is 3.30. The van der Waals surface area contributed by atoms with E-state index in [9.17, 15) is 4.79 Å². The summed E-state index contributed by atoms with van der Waals surface area (Å²) in [5, 5.41) is 3.89. The number of nitrogens with zero attached hydrogens (tertiary/aromatic N) is 3. The van der Waals surface area contributed by atoms with Crippen molar-refractivity contribution in [2.75, 3.05) is 5.32 Å². The van der Waals surface area contributed by atoms with Gasteiger partial charge in [-0.25, -0.2) is 9.97 Å². The number of pyridine rings is 1. The Morgan fingerprint density at radius 3 is 2.67 bits per heavy atom.